The molecule has 6 nitrogen and oxygen atoms in total. The van der Waals surface area contributed by atoms with Crippen molar-refractivity contribution in [2.75, 3.05) is 26.8 Å². The number of aliphatic carboxylic acids is 1. The summed E-state index contributed by atoms with van der Waals surface area (Å²) in [5, 5.41) is 8.79. The molecule has 0 saturated carbocycles. The summed E-state index contributed by atoms with van der Waals surface area (Å²) in [4.78, 5) is 28.0. The molecule has 0 radical (unpaired) electrons. The molecule has 0 aliphatic heterocycles. The lowest BCUT2D eigenvalue weighted by molar-refractivity contribution is -0.137. The van der Waals surface area contributed by atoms with Crippen molar-refractivity contribution in [1.29, 1.82) is 0 Å². The maximum Gasteiger partial charge on any atom is 0.323 e. The van der Waals surface area contributed by atoms with Crippen LogP contribution in [-0.4, -0.2) is 53.7 Å². The number of hydrogen-bond donors (Lipinski definition) is 1. The van der Waals surface area contributed by atoms with E-state index in [-0.39, 0.29) is 25.6 Å². The number of hydrogen-bond acceptors (Lipinski definition) is 4. The van der Waals surface area contributed by atoms with Gasteiger partial charge in [0.05, 0.1) is 12.2 Å². The number of aromatic nitrogens is 1. The first-order chi connectivity index (χ1) is 8.56. The van der Waals surface area contributed by atoms with Crippen LogP contribution in [0, 0.1) is 0 Å². The molecule has 1 aromatic rings. The van der Waals surface area contributed by atoms with E-state index in [0.717, 1.165) is 0 Å². The predicted molar refractivity (Wildman–Crippen MR) is 67.4 cm³/mol. The van der Waals surface area contributed by atoms with Crippen LogP contribution in [-0.2, 0) is 9.53 Å². The number of methoxy groups -OCH3 is 1. The van der Waals surface area contributed by atoms with Gasteiger partial charge in [0.2, 0.25) is 0 Å². The maximum absolute atomic E-state index is 12.2. The van der Waals surface area contributed by atoms with E-state index in [9.17, 15) is 9.59 Å². The minimum Gasteiger partial charge on any atom is -0.480 e. The van der Waals surface area contributed by atoms with Crippen LogP contribution < -0.4 is 0 Å². The molecule has 0 fully saturated rings. The SMILES string of the molecule is COCCN(CC(=O)O)C(=O)c1ccncc1Br. The van der Waals surface area contributed by atoms with Gasteiger partial charge in [-0.15, -0.1) is 0 Å². The summed E-state index contributed by atoms with van der Waals surface area (Å²) in [6.07, 6.45) is 2.97. The van der Waals surface area contributed by atoms with Crippen molar-refractivity contribution in [3.63, 3.8) is 0 Å². The predicted octanol–water partition coefficient (Wildman–Crippen LogP) is 1.02. The molecule has 18 heavy (non-hydrogen) atoms. The molecule has 1 amide bonds. The lowest BCUT2D eigenvalue weighted by atomic mass is 10.2. The van der Waals surface area contributed by atoms with E-state index in [2.05, 4.69) is 20.9 Å². The van der Waals surface area contributed by atoms with Crippen LogP contribution in [0.1, 0.15) is 10.4 Å². The number of halogens is 1. The van der Waals surface area contributed by atoms with Crippen LogP contribution >= 0.6 is 15.9 Å². The first kappa shape index (κ1) is 14.6. The Labute approximate surface area is 113 Å². The van der Waals surface area contributed by atoms with Crippen molar-refractivity contribution in [2.24, 2.45) is 0 Å². The second kappa shape index (κ2) is 7.07. The van der Waals surface area contributed by atoms with Gasteiger partial charge in [0.25, 0.3) is 5.91 Å². The normalized spacial score (nSPS) is 10.1. The number of rotatable bonds is 6. The number of carbonyl (C=O) groups excluding carboxylic acids is 1. The number of ether oxygens (including phenoxy) is 1. The van der Waals surface area contributed by atoms with Crippen molar-refractivity contribution < 1.29 is 19.4 Å². The average Bonchev–Trinajstić information content (AvgIpc) is 2.34. The highest BCUT2D eigenvalue weighted by atomic mass is 79.9. The Morgan fingerprint density at radius 3 is 2.83 bits per heavy atom. The van der Waals surface area contributed by atoms with Gasteiger partial charge in [-0.1, -0.05) is 0 Å². The fourth-order valence-electron chi connectivity index (χ4n) is 1.34. The average molecular weight is 317 g/mol. The zero-order chi connectivity index (χ0) is 13.5. The minimum absolute atomic E-state index is 0.219. The Balaban J connectivity index is 2.87. The van der Waals surface area contributed by atoms with Crippen LogP contribution in [0.15, 0.2) is 22.9 Å². The Morgan fingerprint density at radius 2 is 2.28 bits per heavy atom. The number of nitrogens with zero attached hydrogens (tertiary/aromatic N) is 2. The number of carbonyl (C=O) groups is 2. The van der Waals surface area contributed by atoms with Crippen molar-refractivity contribution in [3.8, 4) is 0 Å². The molecule has 0 aliphatic rings. The van der Waals surface area contributed by atoms with E-state index in [0.29, 0.717) is 10.0 Å². The molecule has 1 N–H and O–H groups in total. The quantitative estimate of drug-likeness (QED) is 0.847. The van der Waals surface area contributed by atoms with Gasteiger partial charge in [0, 0.05) is 30.5 Å². The molecule has 0 aromatic carbocycles. The van der Waals surface area contributed by atoms with Gasteiger partial charge in [0.15, 0.2) is 0 Å². The van der Waals surface area contributed by atoms with Gasteiger partial charge in [0.1, 0.15) is 6.54 Å². The molecule has 98 valence electrons. The summed E-state index contributed by atoms with van der Waals surface area (Å²) in [6, 6.07) is 1.54. The van der Waals surface area contributed by atoms with Crippen LogP contribution in [0.2, 0.25) is 0 Å². The van der Waals surface area contributed by atoms with Gasteiger partial charge >= 0.3 is 5.97 Å². The zero-order valence-electron chi connectivity index (χ0n) is 9.80. The number of amides is 1. The van der Waals surface area contributed by atoms with Gasteiger partial charge in [-0.2, -0.15) is 0 Å². The third-order valence-electron chi connectivity index (χ3n) is 2.18. The molecule has 1 heterocycles. The molecule has 0 spiro atoms. The Morgan fingerprint density at radius 1 is 1.56 bits per heavy atom. The van der Waals surface area contributed by atoms with Crippen LogP contribution in [0.3, 0.4) is 0 Å². The van der Waals surface area contributed by atoms with E-state index < -0.39 is 5.97 Å². The molecule has 7 heteroatoms. The van der Waals surface area contributed by atoms with Crippen LogP contribution in [0.25, 0.3) is 0 Å². The minimum atomic E-state index is -1.07. The highest BCUT2D eigenvalue weighted by Gasteiger charge is 2.20. The third-order valence-corrected chi connectivity index (χ3v) is 2.81. The van der Waals surface area contributed by atoms with E-state index >= 15 is 0 Å². The molecular formula is C11H13BrN2O4. The van der Waals surface area contributed by atoms with Crippen LogP contribution in [0.4, 0.5) is 0 Å². The first-order valence-electron chi connectivity index (χ1n) is 5.15. The monoisotopic (exact) mass is 316 g/mol. The number of carboxylic acids is 1. The Hall–Kier alpha value is -1.47. The molecule has 0 bridgehead atoms. The lowest BCUT2D eigenvalue weighted by Gasteiger charge is -2.20. The molecule has 1 aromatic heterocycles. The Bertz CT molecular complexity index is 439. The molecule has 0 saturated heterocycles. The summed E-state index contributed by atoms with van der Waals surface area (Å²) in [7, 11) is 1.49. The molecule has 0 unspecified atom stereocenters. The highest BCUT2D eigenvalue weighted by Crippen LogP contribution is 2.16. The fourth-order valence-corrected chi connectivity index (χ4v) is 1.76. The smallest absolute Gasteiger partial charge is 0.323 e. The van der Waals surface area contributed by atoms with Crippen molar-refractivity contribution in [2.45, 2.75) is 0 Å². The van der Waals surface area contributed by atoms with E-state index in [1.807, 2.05) is 0 Å². The van der Waals surface area contributed by atoms with Gasteiger partial charge in [-0.25, -0.2) is 0 Å². The van der Waals surface area contributed by atoms with Crippen molar-refractivity contribution in [3.05, 3.63) is 28.5 Å². The summed E-state index contributed by atoms with van der Waals surface area (Å²) in [5.41, 5.74) is 0.377. The highest BCUT2D eigenvalue weighted by molar-refractivity contribution is 9.10. The molecule has 0 aliphatic carbocycles. The Kier molecular flexibility index (Phi) is 5.73. The second-order valence-corrected chi connectivity index (χ2v) is 4.32. The van der Waals surface area contributed by atoms with Crippen LogP contribution in [0.5, 0.6) is 0 Å². The van der Waals surface area contributed by atoms with Gasteiger partial charge in [-0.05, 0) is 22.0 Å². The number of pyridine rings is 1. The number of carboxylic acid groups (broad SMARTS) is 1. The topological polar surface area (TPSA) is 79.7 Å². The van der Waals surface area contributed by atoms with Crippen molar-refractivity contribution >= 4 is 27.8 Å². The fraction of sp³-hybridized carbons (Fsp3) is 0.364. The summed E-state index contributed by atoms with van der Waals surface area (Å²) in [6.45, 7) is 0.134. The first-order valence-corrected chi connectivity index (χ1v) is 5.95. The largest absolute Gasteiger partial charge is 0.480 e. The van der Waals surface area contributed by atoms with Gasteiger partial charge in [-0.3, -0.25) is 14.6 Å². The zero-order valence-corrected chi connectivity index (χ0v) is 11.4. The molecular weight excluding hydrogens is 304 g/mol. The van der Waals surface area contributed by atoms with E-state index in [4.69, 9.17) is 9.84 Å². The molecule has 0 atom stereocenters. The van der Waals surface area contributed by atoms with Gasteiger partial charge < -0.3 is 14.7 Å². The summed E-state index contributed by atoms with van der Waals surface area (Å²) < 4.78 is 5.39. The van der Waals surface area contributed by atoms with E-state index in [1.54, 1.807) is 0 Å². The second-order valence-electron chi connectivity index (χ2n) is 3.47. The summed E-state index contributed by atoms with van der Waals surface area (Å²) in [5.74, 6) is -1.44. The standard InChI is InChI=1S/C11H13BrN2O4/c1-18-5-4-14(7-10(15)16)11(17)8-2-3-13-6-9(8)12/h2-3,6H,4-5,7H2,1H3,(H,15,16). The maximum atomic E-state index is 12.2. The third kappa shape index (κ3) is 4.08. The van der Waals surface area contributed by atoms with E-state index in [1.165, 1.54) is 30.5 Å². The molecule has 1 rings (SSSR count). The van der Waals surface area contributed by atoms with Crippen molar-refractivity contribution in [1.82, 2.24) is 9.88 Å². The lowest BCUT2D eigenvalue weighted by Crippen LogP contribution is -2.38. The summed E-state index contributed by atoms with van der Waals surface area (Å²) >= 11 is 3.21.